The van der Waals surface area contributed by atoms with Gasteiger partial charge in [-0.25, -0.2) is 14.6 Å². The minimum atomic E-state index is -0.0732. The Morgan fingerprint density at radius 2 is 2.08 bits per heavy atom. The molecule has 0 atom stereocenters. The Labute approximate surface area is 155 Å². The van der Waals surface area contributed by atoms with Crippen LogP contribution < -0.4 is 0 Å². The maximum Gasteiger partial charge on any atom is 0.255 e. The monoisotopic (exact) mass is 365 g/mol. The number of hydrogen-bond acceptors (Lipinski definition) is 5. The zero-order valence-electron chi connectivity index (χ0n) is 14.9. The van der Waals surface area contributed by atoms with E-state index in [0.29, 0.717) is 12.1 Å². The van der Waals surface area contributed by atoms with Crippen molar-refractivity contribution in [2.75, 3.05) is 7.05 Å². The molecule has 7 heteroatoms. The van der Waals surface area contributed by atoms with E-state index in [-0.39, 0.29) is 11.9 Å². The Kier molecular flexibility index (Phi) is 4.16. The second kappa shape index (κ2) is 6.49. The lowest BCUT2D eigenvalue weighted by Gasteiger charge is -2.15. The Morgan fingerprint density at radius 3 is 2.85 bits per heavy atom. The van der Waals surface area contributed by atoms with Crippen LogP contribution >= 0.6 is 11.3 Å². The van der Waals surface area contributed by atoms with E-state index in [2.05, 4.69) is 28.9 Å². The maximum atomic E-state index is 12.8. The van der Waals surface area contributed by atoms with Gasteiger partial charge in [-0.05, 0) is 32.0 Å². The van der Waals surface area contributed by atoms with Gasteiger partial charge in [-0.2, -0.15) is 5.10 Å². The van der Waals surface area contributed by atoms with Crippen molar-refractivity contribution in [2.45, 2.75) is 26.4 Å². The Bertz CT molecular complexity index is 1060. The normalized spacial score (nSPS) is 11.5. The molecule has 0 aliphatic rings. The summed E-state index contributed by atoms with van der Waals surface area (Å²) in [4.78, 5) is 23.5. The van der Waals surface area contributed by atoms with Crippen molar-refractivity contribution < 1.29 is 4.79 Å². The van der Waals surface area contributed by atoms with Crippen LogP contribution in [0.15, 0.2) is 42.7 Å². The van der Waals surface area contributed by atoms with Gasteiger partial charge in [-0.1, -0.05) is 12.1 Å². The molecule has 4 aromatic rings. The van der Waals surface area contributed by atoms with Crippen LogP contribution in [0, 0.1) is 0 Å². The highest BCUT2D eigenvalue weighted by Crippen LogP contribution is 2.23. The summed E-state index contributed by atoms with van der Waals surface area (Å²) >= 11 is 1.61. The van der Waals surface area contributed by atoms with E-state index in [0.717, 1.165) is 26.3 Å². The van der Waals surface area contributed by atoms with Crippen molar-refractivity contribution in [3.8, 4) is 0 Å². The molecule has 6 nitrogen and oxygen atoms in total. The van der Waals surface area contributed by atoms with Crippen molar-refractivity contribution in [3.05, 3.63) is 53.3 Å². The lowest BCUT2D eigenvalue weighted by Crippen LogP contribution is -2.26. The molecule has 0 unspecified atom stereocenters. The standard InChI is InChI=1S/C19H19N5OS/c1-12(2)24-18-13(10-21-24)8-14(9-20-18)19(25)23(3)11-17-22-15-6-4-5-7-16(15)26-17/h4-10,12H,11H2,1-3H3. The van der Waals surface area contributed by atoms with E-state index in [1.165, 1.54) is 0 Å². The van der Waals surface area contributed by atoms with Gasteiger partial charge >= 0.3 is 0 Å². The van der Waals surface area contributed by atoms with Crippen molar-refractivity contribution in [1.82, 2.24) is 24.6 Å². The number of pyridine rings is 1. The third-order valence-electron chi connectivity index (χ3n) is 4.23. The average Bonchev–Trinajstić information content (AvgIpc) is 3.23. The molecule has 0 saturated carbocycles. The molecule has 0 spiro atoms. The van der Waals surface area contributed by atoms with Crippen LogP contribution in [0.25, 0.3) is 21.3 Å². The fourth-order valence-corrected chi connectivity index (χ4v) is 3.94. The first kappa shape index (κ1) is 16.7. The van der Waals surface area contributed by atoms with E-state index in [4.69, 9.17) is 0 Å². The summed E-state index contributed by atoms with van der Waals surface area (Å²) < 4.78 is 2.99. The topological polar surface area (TPSA) is 63.9 Å². The molecular formula is C19H19N5OS. The molecule has 0 bridgehead atoms. The second-order valence-corrected chi connectivity index (χ2v) is 7.67. The number of hydrogen-bond donors (Lipinski definition) is 0. The zero-order valence-corrected chi connectivity index (χ0v) is 15.7. The Morgan fingerprint density at radius 1 is 1.27 bits per heavy atom. The van der Waals surface area contributed by atoms with Crippen LogP contribution in [0.4, 0.5) is 0 Å². The Balaban J connectivity index is 1.57. The molecule has 3 heterocycles. The van der Waals surface area contributed by atoms with Gasteiger partial charge in [0.15, 0.2) is 5.65 Å². The van der Waals surface area contributed by atoms with Gasteiger partial charge in [0.05, 0.1) is 28.5 Å². The van der Waals surface area contributed by atoms with Crippen LogP contribution in [0.5, 0.6) is 0 Å². The van der Waals surface area contributed by atoms with Crippen LogP contribution in [0.1, 0.15) is 35.3 Å². The summed E-state index contributed by atoms with van der Waals surface area (Å²) in [6.07, 6.45) is 3.38. The molecule has 4 rings (SSSR count). The van der Waals surface area contributed by atoms with Crippen molar-refractivity contribution in [1.29, 1.82) is 0 Å². The summed E-state index contributed by atoms with van der Waals surface area (Å²) in [5, 5.41) is 6.15. The summed E-state index contributed by atoms with van der Waals surface area (Å²) in [5.74, 6) is -0.0732. The molecular weight excluding hydrogens is 346 g/mol. The second-order valence-electron chi connectivity index (χ2n) is 6.56. The largest absolute Gasteiger partial charge is 0.335 e. The van der Waals surface area contributed by atoms with Gasteiger partial charge in [-0.15, -0.1) is 11.3 Å². The van der Waals surface area contributed by atoms with Crippen LogP contribution in [-0.4, -0.2) is 37.6 Å². The average molecular weight is 365 g/mol. The quantitative estimate of drug-likeness (QED) is 0.550. The molecule has 1 aromatic carbocycles. The number of aromatic nitrogens is 4. The van der Waals surface area contributed by atoms with E-state index in [9.17, 15) is 4.79 Å². The van der Waals surface area contributed by atoms with Gasteiger partial charge in [-0.3, -0.25) is 4.79 Å². The van der Waals surface area contributed by atoms with Crippen molar-refractivity contribution in [3.63, 3.8) is 0 Å². The molecule has 0 saturated heterocycles. The van der Waals surface area contributed by atoms with E-state index in [1.54, 1.807) is 35.7 Å². The van der Waals surface area contributed by atoms with Crippen LogP contribution in [0.2, 0.25) is 0 Å². The van der Waals surface area contributed by atoms with E-state index < -0.39 is 0 Å². The first-order chi connectivity index (χ1) is 12.5. The fourth-order valence-electron chi connectivity index (χ4n) is 2.92. The number of carbonyl (C=O) groups is 1. The predicted octanol–water partition coefficient (Wildman–Crippen LogP) is 3.89. The summed E-state index contributed by atoms with van der Waals surface area (Å²) in [6.45, 7) is 4.58. The Hall–Kier alpha value is -2.80. The molecule has 0 aliphatic carbocycles. The summed E-state index contributed by atoms with van der Waals surface area (Å²) in [5.41, 5.74) is 2.33. The predicted molar refractivity (Wildman–Crippen MR) is 103 cm³/mol. The molecule has 0 fully saturated rings. The number of fused-ring (bicyclic) bond motifs is 2. The molecule has 0 aliphatic heterocycles. The van der Waals surface area contributed by atoms with Gasteiger partial charge in [0.2, 0.25) is 0 Å². The highest BCUT2D eigenvalue weighted by molar-refractivity contribution is 7.18. The maximum absolute atomic E-state index is 12.8. The minimum absolute atomic E-state index is 0.0732. The van der Waals surface area contributed by atoms with Crippen molar-refractivity contribution in [2.24, 2.45) is 0 Å². The minimum Gasteiger partial charge on any atom is -0.335 e. The van der Waals surface area contributed by atoms with Crippen LogP contribution in [0.3, 0.4) is 0 Å². The summed E-state index contributed by atoms with van der Waals surface area (Å²) in [6, 6.07) is 10.1. The fraction of sp³-hybridized carbons (Fsp3) is 0.263. The lowest BCUT2D eigenvalue weighted by molar-refractivity contribution is 0.0785. The molecule has 1 amide bonds. The third-order valence-corrected chi connectivity index (χ3v) is 5.25. The van der Waals surface area contributed by atoms with Crippen LogP contribution in [-0.2, 0) is 6.54 Å². The molecule has 0 N–H and O–H groups in total. The van der Waals surface area contributed by atoms with Gasteiger partial charge in [0.25, 0.3) is 5.91 Å². The number of carbonyl (C=O) groups excluding carboxylic acids is 1. The van der Waals surface area contributed by atoms with E-state index in [1.807, 2.05) is 35.0 Å². The molecule has 0 radical (unpaired) electrons. The van der Waals surface area contributed by atoms with E-state index >= 15 is 0 Å². The first-order valence-corrected chi connectivity index (χ1v) is 9.28. The smallest absolute Gasteiger partial charge is 0.255 e. The zero-order chi connectivity index (χ0) is 18.3. The third kappa shape index (κ3) is 2.94. The van der Waals surface area contributed by atoms with Gasteiger partial charge in [0.1, 0.15) is 5.01 Å². The SMILES string of the molecule is CC(C)n1ncc2cc(C(=O)N(C)Cc3nc4ccccc4s3)cnc21. The number of amides is 1. The van der Waals surface area contributed by atoms with Gasteiger partial charge < -0.3 is 4.90 Å². The number of thiazole rings is 1. The number of para-hydroxylation sites is 1. The molecule has 3 aromatic heterocycles. The highest BCUT2D eigenvalue weighted by atomic mass is 32.1. The van der Waals surface area contributed by atoms with Gasteiger partial charge in [0, 0.05) is 24.7 Å². The molecule has 26 heavy (non-hydrogen) atoms. The number of rotatable bonds is 4. The highest BCUT2D eigenvalue weighted by Gasteiger charge is 2.16. The summed E-state index contributed by atoms with van der Waals surface area (Å²) in [7, 11) is 1.79. The molecule has 132 valence electrons. The first-order valence-electron chi connectivity index (χ1n) is 8.46. The lowest BCUT2D eigenvalue weighted by atomic mass is 10.2. The number of nitrogens with zero attached hydrogens (tertiary/aromatic N) is 5. The van der Waals surface area contributed by atoms with Crippen molar-refractivity contribution >= 4 is 38.5 Å². The number of benzene rings is 1.